The predicted molar refractivity (Wildman–Crippen MR) is 35.1 cm³/mol. The van der Waals surface area contributed by atoms with Gasteiger partial charge in [-0.15, -0.1) is 11.6 Å². The van der Waals surface area contributed by atoms with Crippen LogP contribution in [0.5, 0.6) is 0 Å². The third kappa shape index (κ3) is 0.421. The highest BCUT2D eigenvalue weighted by Crippen LogP contribution is 2.51. The van der Waals surface area contributed by atoms with Gasteiger partial charge in [0.25, 0.3) is 0 Å². The number of hydrogen-bond donors (Lipinski definition) is 0. The van der Waals surface area contributed by atoms with Gasteiger partial charge in [-0.25, -0.2) is 0 Å². The first-order valence-electron chi connectivity index (χ1n) is 3.17. The Hall–Kier alpha value is 0.0300. The van der Waals surface area contributed by atoms with Gasteiger partial charge >= 0.3 is 0 Å². The second kappa shape index (κ2) is 1.30. The molecule has 8 heavy (non-hydrogen) atoms. The number of alkyl halides is 1. The highest BCUT2D eigenvalue weighted by molar-refractivity contribution is 6.25. The summed E-state index contributed by atoms with van der Waals surface area (Å²) in [6, 6.07) is 0. The third-order valence-corrected chi connectivity index (χ3v) is 2.98. The molecule has 0 spiro atoms. The van der Waals surface area contributed by atoms with Gasteiger partial charge in [0.05, 0.1) is 4.87 Å². The van der Waals surface area contributed by atoms with Crippen LogP contribution in [0.2, 0.25) is 0 Å². The van der Waals surface area contributed by atoms with Gasteiger partial charge in [0.2, 0.25) is 0 Å². The molecule has 1 fully saturated rings. The van der Waals surface area contributed by atoms with Crippen molar-refractivity contribution in [1.82, 2.24) is 0 Å². The fourth-order valence-electron chi connectivity index (χ4n) is 1.57. The van der Waals surface area contributed by atoms with Crippen molar-refractivity contribution in [2.75, 3.05) is 0 Å². The maximum absolute atomic E-state index is 6.14. The van der Waals surface area contributed by atoms with Gasteiger partial charge in [0.1, 0.15) is 0 Å². The number of hydrogen-bond acceptors (Lipinski definition) is 0. The molecule has 0 aliphatic heterocycles. The Balaban J connectivity index is 2.22. The van der Waals surface area contributed by atoms with Gasteiger partial charge in [-0.2, -0.15) is 0 Å². The van der Waals surface area contributed by atoms with Gasteiger partial charge < -0.3 is 0 Å². The molecule has 2 atom stereocenters. The van der Waals surface area contributed by atoms with Crippen LogP contribution >= 0.6 is 11.6 Å². The third-order valence-electron chi connectivity index (χ3n) is 2.36. The first-order chi connectivity index (χ1) is 3.81. The topological polar surface area (TPSA) is 0 Å². The molecule has 1 heteroatoms. The molecule has 0 N–H and O–H groups in total. The van der Waals surface area contributed by atoms with Crippen molar-refractivity contribution in [2.45, 2.75) is 24.1 Å². The van der Waals surface area contributed by atoms with Crippen molar-refractivity contribution in [1.29, 1.82) is 0 Å². The molecular weight excluding hydrogens is 120 g/mol. The highest BCUT2D eigenvalue weighted by Gasteiger charge is 2.45. The van der Waals surface area contributed by atoms with Gasteiger partial charge in [-0.05, 0) is 25.2 Å². The zero-order chi connectivity index (χ0) is 5.61. The lowest BCUT2D eigenvalue weighted by Gasteiger charge is -2.39. The first-order valence-corrected chi connectivity index (χ1v) is 3.55. The van der Waals surface area contributed by atoms with E-state index in [2.05, 4.69) is 12.2 Å². The smallest absolute Gasteiger partial charge is 0.0543 e. The van der Waals surface area contributed by atoms with Crippen LogP contribution in [0.3, 0.4) is 0 Å². The Morgan fingerprint density at radius 3 is 2.75 bits per heavy atom. The first kappa shape index (κ1) is 4.87. The number of allylic oxidation sites excluding steroid dienone is 2. The van der Waals surface area contributed by atoms with E-state index in [9.17, 15) is 0 Å². The van der Waals surface area contributed by atoms with Crippen LogP contribution < -0.4 is 0 Å². The van der Waals surface area contributed by atoms with Crippen molar-refractivity contribution in [3.63, 3.8) is 0 Å². The largest absolute Gasteiger partial charge is 0.118 e. The van der Waals surface area contributed by atoms with Crippen molar-refractivity contribution < 1.29 is 0 Å². The summed E-state index contributed by atoms with van der Waals surface area (Å²) in [5, 5.41) is 0. The van der Waals surface area contributed by atoms with Gasteiger partial charge in [-0.1, -0.05) is 12.2 Å². The van der Waals surface area contributed by atoms with Crippen LogP contribution in [0.1, 0.15) is 19.3 Å². The van der Waals surface area contributed by atoms with E-state index in [0.29, 0.717) is 0 Å². The molecule has 0 nitrogen and oxygen atoms in total. The second-order valence-electron chi connectivity index (χ2n) is 2.81. The van der Waals surface area contributed by atoms with E-state index in [1.54, 1.807) is 0 Å². The fourth-order valence-corrected chi connectivity index (χ4v) is 1.95. The minimum absolute atomic E-state index is 0.194. The van der Waals surface area contributed by atoms with Crippen LogP contribution in [0.25, 0.3) is 0 Å². The Bertz CT molecular complexity index is 139. The molecule has 0 saturated heterocycles. The molecule has 2 aliphatic rings. The lowest BCUT2D eigenvalue weighted by molar-refractivity contribution is 0.284. The van der Waals surface area contributed by atoms with Crippen LogP contribution in [-0.2, 0) is 0 Å². The predicted octanol–water partition coefficient (Wildman–Crippen LogP) is 2.33. The molecule has 1 saturated carbocycles. The summed E-state index contributed by atoms with van der Waals surface area (Å²) < 4.78 is 0. The average molecular weight is 129 g/mol. The van der Waals surface area contributed by atoms with E-state index in [4.69, 9.17) is 11.6 Å². The van der Waals surface area contributed by atoms with Crippen molar-refractivity contribution >= 4 is 11.6 Å². The minimum atomic E-state index is 0.194. The minimum Gasteiger partial charge on any atom is -0.118 e. The van der Waals surface area contributed by atoms with E-state index in [0.717, 1.165) is 12.3 Å². The lowest BCUT2D eigenvalue weighted by atomic mass is 9.75. The molecule has 44 valence electrons. The molecule has 0 heterocycles. The Kier molecular flexibility index (Phi) is 0.790. The van der Waals surface area contributed by atoms with Crippen molar-refractivity contribution in [2.24, 2.45) is 5.92 Å². The highest BCUT2D eigenvalue weighted by atomic mass is 35.5. The monoisotopic (exact) mass is 128 g/mol. The van der Waals surface area contributed by atoms with Gasteiger partial charge in [-0.3, -0.25) is 0 Å². The summed E-state index contributed by atoms with van der Waals surface area (Å²) in [6.07, 6.45) is 8.13. The van der Waals surface area contributed by atoms with E-state index in [1.165, 1.54) is 12.8 Å². The summed E-state index contributed by atoms with van der Waals surface area (Å²) >= 11 is 6.14. The molecule has 2 unspecified atom stereocenters. The zero-order valence-corrected chi connectivity index (χ0v) is 5.49. The number of halogens is 1. The van der Waals surface area contributed by atoms with E-state index in [-0.39, 0.29) is 4.87 Å². The lowest BCUT2D eigenvalue weighted by Crippen LogP contribution is -2.36. The normalized spacial score (nSPS) is 50.9. The van der Waals surface area contributed by atoms with Crippen LogP contribution in [0.4, 0.5) is 0 Å². The number of fused-ring (bicyclic) bond motifs is 1. The maximum atomic E-state index is 6.14. The van der Waals surface area contributed by atoms with Crippen LogP contribution in [-0.4, -0.2) is 4.87 Å². The molecule has 0 aromatic heterocycles. The molecule has 0 aromatic carbocycles. The zero-order valence-electron chi connectivity index (χ0n) is 4.73. The standard InChI is InChI=1S/C7H9Cl/c8-7-4-1-2-6(7)3-5-7/h1-2,6H,3-5H2. The second-order valence-corrected chi connectivity index (χ2v) is 3.56. The van der Waals surface area contributed by atoms with E-state index < -0.39 is 0 Å². The maximum Gasteiger partial charge on any atom is 0.0543 e. The van der Waals surface area contributed by atoms with Gasteiger partial charge in [0, 0.05) is 0 Å². The average Bonchev–Trinajstić information content (AvgIpc) is 1.94. The SMILES string of the molecule is ClC12CC=CC1CC2. The summed E-state index contributed by atoms with van der Waals surface area (Å²) in [4.78, 5) is 0.194. The molecule has 0 amide bonds. The summed E-state index contributed by atoms with van der Waals surface area (Å²) in [5.41, 5.74) is 0. The Labute approximate surface area is 54.5 Å². The van der Waals surface area contributed by atoms with E-state index in [1.807, 2.05) is 0 Å². The Morgan fingerprint density at radius 2 is 2.50 bits per heavy atom. The van der Waals surface area contributed by atoms with Crippen LogP contribution in [0, 0.1) is 5.92 Å². The molecule has 0 bridgehead atoms. The summed E-state index contributed by atoms with van der Waals surface area (Å²) in [7, 11) is 0. The summed E-state index contributed by atoms with van der Waals surface area (Å²) in [6.45, 7) is 0. The van der Waals surface area contributed by atoms with Crippen LogP contribution in [0.15, 0.2) is 12.2 Å². The van der Waals surface area contributed by atoms with Crippen molar-refractivity contribution in [3.8, 4) is 0 Å². The molecule has 2 rings (SSSR count). The fraction of sp³-hybridized carbons (Fsp3) is 0.714. The number of rotatable bonds is 0. The van der Waals surface area contributed by atoms with Crippen molar-refractivity contribution in [3.05, 3.63) is 12.2 Å². The summed E-state index contributed by atoms with van der Waals surface area (Å²) in [5.74, 6) is 0.726. The quantitative estimate of drug-likeness (QED) is 0.347. The van der Waals surface area contributed by atoms with E-state index >= 15 is 0 Å². The molecule has 0 aromatic rings. The molecular formula is C7H9Cl. The molecule has 2 aliphatic carbocycles. The van der Waals surface area contributed by atoms with Gasteiger partial charge in [0.15, 0.2) is 0 Å². The Morgan fingerprint density at radius 1 is 1.62 bits per heavy atom. The molecule has 0 radical (unpaired) electrons.